The van der Waals surface area contributed by atoms with Gasteiger partial charge in [-0.1, -0.05) is 17.3 Å². The highest BCUT2D eigenvalue weighted by Crippen LogP contribution is 2.17. The van der Waals surface area contributed by atoms with E-state index < -0.39 is 5.97 Å². The molecular weight excluding hydrogens is 232 g/mol. The monoisotopic (exact) mass is 246 g/mol. The number of carbonyl (C=O) groups excluding carboxylic acids is 1. The molecule has 18 heavy (non-hydrogen) atoms. The van der Waals surface area contributed by atoms with Crippen LogP contribution >= 0.6 is 0 Å². The normalized spacial score (nSPS) is 10.3. The van der Waals surface area contributed by atoms with E-state index in [2.05, 4.69) is 5.16 Å². The highest BCUT2D eigenvalue weighted by Gasteiger charge is 2.13. The Morgan fingerprint density at radius 3 is 2.89 bits per heavy atom. The van der Waals surface area contributed by atoms with Crippen LogP contribution in [0.15, 0.2) is 28.8 Å². The zero-order chi connectivity index (χ0) is 13.1. The van der Waals surface area contributed by atoms with Crippen LogP contribution in [0, 0.1) is 13.8 Å². The van der Waals surface area contributed by atoms with Crippen molar-refractivity contribution in [3.05, 3.63) is 46.8 Å². The zero-order valence-electron chi connectivity index (χ0n) is 10.3. The maximum atomic E-state index is 11.8. The van der Waals surface area contributed by atoms with Gasteiger partial charge < -0.3 is 15.0 Å². The first-order chi connectivity index (χ1) is 8.58. The van der Waals surface area contributed by atoms with E-state index in [4.69, 9.17) is 15.0 Å². The molecule has 1 heterocycles. The molecule has 0 fully saturated rings. The molecule has 5 heteroatoms. The SMILES string of the molecule is Cc1cc(COC(=O)c2cccc(C)c2N)no1. The fourth-order valence-corrected chi connectivity index (χ4v) is 1.56. The number of nitrogen functional groups attached to an aromatic ring is 1. The van der Waals surface area contributed by atoms with Gasteiger partial charge in [0.2, 0.25) is 0 Å². The summed E-state index contributed by atoms with van der Waals surface area (Å²) >= 11 is 0. The first-order valence-corrected chi connectivity index (χ1v) is 5.52. The number of benzene rings is 1. The van der Waals surface area contributed by atoms with Crippen molar-refractivity contribution in [2.75, 3.05) is 5.73 Å². The van der Waals surface area contributed by atoms with Crippen LogP contribution in [0.2, 0.25) is 0 Å². The lowest BCUT2D eigenvalue weighted by Crippen LogP contribution is -2.09. The fourth-order valence-electron chi connectivity index (χ4n) is 1.56. The van der Waals surface area contributed by atoms with Crippen molar-refractivity contribution < 1.29 is 14.1 Å². The second kappa shape index (κ2) is 4.91. The zero-order valence-corrected chi connectivity index (χ0v) is 10.3. The van der Waals surface area contributed by atoms with E-state index in [9.17, 15) is 4.79 Å². The first kappa shape index (κ1) is 12.2. The number of carbonyl (C=O) groups is 1. The van der Waals surface area contributed by atoms with Gasteiger partial charge in [-0.05, 0) is 25.5 Å². The van der Waals surface area contributed by atoms with Gasteiger partial charge in [0.1, 0.15) is 18.1 Å². The standard InChI is InChI=1S/C13H14N2O3/c1-8-4-3-5-11(12(8)14)13(16)17-7-10-6-9(2)18-15-10/h3-6H,7,14H2,1-2H3. The van der Waals surface area contributed by atoms with Crippen molar-refractivity contribution in [2.24, 2.45) is 0 Å². The average molecular weight is 246 g/mol. The third-order valence-corrected chi connectivity index (χ3v) is 2.57. The average Bonchev–Trinajstić information content (AvgIpc) is 2.76. The van der Waals surface area contributed by atoms with Crippen molar-refractivity contribution in [3.8, 4) is 0 Å². The minimum absolute atomic E-state index is 0.0730. The molecule has 2 N–H and O–H groups in total. The number of ether oxygens (including phenoxy) is 1. The number of rotatable bonds is 3. The first-order valence-electron chi connectivity index (χ1n) is 5.52. The summed E-state index contributed by atoms with van der Waals surface area (Å²) in [6.45, 7) is 3.69. The Morgan fingerprint density at radius 2 is 2.22 bits per heavy atom. The third kappa shape index (κ3) is 2.51. The number of hydrogen-bond acceptors (Lipinski definition) is 5. The van der Waals surface area contributed by atoms with Crippen molar-refractivity contribution >= 4 is 11.7 Å². The molecule has 1 aromatic carbocycles. The minimum Gasteiger partial charge on any atom is -0.455 e. The second-order valence-electron chi connectivity index (χ2n) is 4.04. The number of nitrogens with two attached hydrogens (primary N) is 1. The Balaban J connectivity index is 2.06. The largest absolute Gasteiger partial charge is 0.455 e. The lowest BCUT2D eigenvalue weighted by Gasteiger charge is -2.07. The number of nitrogens with zero attached hydrogens (tertiary/aromatic N) is 1. The molecule has 0 aliphatic rings. The molecule has 1 aromatic heterocycles. The predicted molar refractivity (Wildman–Crippen MR) is 66.0 cm³/mol. The van der Waals surface area contributed by atoms with Gasteiger partial charge in [0.05, 0.1) is 5.56 Å². The van der Waals surface area contributed by atoms with Crippen LogP contribution in [-0.2, 0) is 11.3 Å². The Bertz CT molecular complexity index is 575. The highest BCUT2D eigenvalue weighted by atomic mass is 16.5. The Hall–Kier alpha value is -2.30. The molecule has 5 nitrogen and oxygen atoms in total. The summed E-state index contributed by atoms with van der Waals surface area (Å²) in [5.41, 5.74) is 8.06. The fraction of sp³-hybridized carbons (Fsp3) is 0.231. The number of hydrogen-bond donors (Lipinski definition) is 1. The lowest BCUT2D eigenvalue weighted by molar-refractivity contribution is 0.0465. The van der Waals surface area contributed by atoms with Crippen LogP contribution in [0.3, 0.4) is 0 Å². The molecule has 0 amide bonds. The highest BCUT2D eigenvalue weighted by molar-refractivity contribution is 5.95. The van der Waals surface area contributed by atoms with Crippen LogP contribution in [0.4, 0.5) is 5.69 Å². The summed E-state index contributed by atoms with van der Waals surface area (Å²) in [5.74, 6) is 0.216. The molecular formula is C13H14N2O3. The van der Waals surface area contributed by atoms with Gasteiger partial charge in [0, 0.05) is 11.8 Å². The van der Waals surface area contributed by atoms with Gasteiger partial charge in [-0.25, -0.2) is 4.79 Å². The maximum Gasteiger partial charge on any atom is 0.340 e. The summed E-state index contributed by atoms with van der Waals surface area (Å²) in [4.78, 5) is 11.8. The molecule has 0 atom stereocenters. The van der Waals surface area contributed by atoms with E-state index in [-0.39, 0.29) is 6.61 Å². The topological polar surface area (TPSA) is 78.4 Å². The van der Waals surface area contributed by atoms with E-state index in [0.29, 0.717) is 22.7 Å². The summed E-state index contributed by atoms with van der Waals surface area (Å²) in [5, 5.41) is 3.74. The second-order valence-corrected chi connectivity index (χ2v) is 4.04. The number of esters is 1. The number of aryl methyl sites for hydroxylation is 2. The van der Waals surface area contributed by atoms with Gasteiger partial charge >= 0.3 is 5.97 Å². The van der Waals surface area contributed by atoms with Crippen LogP contribution in [0.5, 0.6) is 0 Å². The molecule has 0 bridgehead atoms. The molecule has 94 valence electrons. The van der Waals surface area contributed by atoms with Crippen molar-refractivity contribution in [3.63, 3.8) is 0 Å². The van der Waals surface area contributed by atoms with Gasteiger partial charge in [-0.15, -0.1) is 0 Å². The van der Waals surface area contributed by atoms with Crippen LogP contribution < -0.4 is 5.73 Å². The Morgan fingerprint density at radius 1 is 1.44 bits per heavy atom. The molecule has 0 spiro atoms. The molecule has 0 radical (unpaired) electrons. The van der Waals surface area contributed by atoms with E-state index in [1.165, 1.54) is 0 Å². The smallest absolute Gasteiger partial charge is 0.340 e. The molecule has 2 aromatic rings. The molecule has 0 saturated carbocycles. The number of aromatic nitrogens is 1. The summed E-state index contributed by atoms with van der Waals surface area (Å²) in [7, 11) is 0. The van der Waals surface area contributed by atoms with Gasteiger partial charge in [0.25, 0.3) is 0 Å². The van der Waals surface area contributed by atoms with E-state index in [1.807, 2.05) is 13.0 Å². The Kier molecular flexibility index (Phi) is 3.32. The Labute approximate surface area is 105 Å². The van der Waals surface area contributed by atoms with E-state index in [1.54, 1.807) is 25.1 Å². The van der Waals surface area contributed by atoms with Crippen LogP contribution in [0.25, 0.3) is 0 Å². The van der Waals surface area contributed by atoms with Crippen LogP contribution in [0.1, 0.15) is 27.4 Å². The van der Waals surface area contributed by atoms with Crippen molar-refractivity contribution in [1.82, 2.24) is 5.16 Å². The molecule has 0 aliphatic carbocycles. The predicted octanol–water partition coefficient (Wildman–Crippen LogP) is 2.23. The summed E-state index contributed by atoms with van der Waals surface area (Å²) in [6.07, 6.45) is 0. The lowest BCUT2D eigenvalue weighted by atomic mass is 10.1. The van der Waals surface area contributed by atoms with Gasteiger partial charge in [0.15, 0.2) is 0 Å². The molecule has 0 aliphatic heterocycles. The molecule has 0 saturated heterocycles. The summed E-state index contributed by atoms with van der Waals surface area (Å²) in [6, 6.07) is 6.96. The minimum atomic E-state index is -0.461. The van der Waals surface area contributed by atoms with E-state index >= 15 is 0 Å². The number of para-hydroxylation sites is 1. The van der Waals surface area contributed by atoms with E-state index in [0.717, 1.165) is 5.56 Å². The number of anilines is 1. The quantitative estimate of drug-likeness (QED) is 0.663. The molecule has 2 rings (SSSR count). The maximum absolute atomic E-state index is 11.8. The van der Waals surface area contributed by atoms with Crippen molar-refractivity contribution in [1.29, 1.82) is 0 Å². The van der Waals surface area contributed by atoms with Gasteiger partial charge in [-0.3, -0.25) is 0 Å². The third-order valence-electron chi connectivity index (χ3n) is 2.57. The van der Waals surface area contributed by atoms with Gasteiger partial charge in [-0.2, -0.15) is 0 Å². The van der Waals surface area contributed by atoms with Crippen molar-refractivity contribution in [2.45, 2.75) is 20.5 Å². The summed E-state index contributed by atoms with van der Waals surface area (Å²) < 4.78 is 10.0. The van der Waals surface area contributed by atoms with Crippen LogP contribution in [-0.4, -0.2) is 11.1 Å². The molecule has 0 unspecified atom stereocenters.